The van der Waals surface area contributed by atoms with Crippen molar-refractivity contribution < 1.29 is 14.3 Å². The smallest absolute Gasteiger partial charge is 0.310 e. The van der Waals surface area contributed by atoms with Crippen LogP contribution in [-0.2, 0) is 4.79 Å². The molecule has 4 heteroatoms. The van der Waals surface area contributed by atoms with E-state index in [-0.39, 0.29) is 11.9 Å². The van der Waals surface area contributed by atoms with Gasteiger partial charge in [-0.15, -0.1) is 0 Å². The third kappa shape index (κ3) is 6.33. The minimum absolute atomic E-state index is 0.103. The lowest BCUT2D eigenvalue weighted by Gasteiger charge is -2.32. The highest BCUT2D eigenvalue weighted by atomic mass is 16.5. The normalized spacial score (nSPS) is 12.4. The third-order valence-electron chi connectivity index (χ3n) is 5.31. The Labute approximate surface area is 175 Å². The minimum Gasteiger partial charge on any atom is -0.497 e. The maximum absolute atomic E-state index is 12.0. The Morgan fingerprint density at radius 1 is 1.00 bits per heavy atom. The van der Waals surface area contributed by atoms with Gasteiger partial charge in [0.2, 0.25) is 0 Å². The van der Waals surface area contributed by atoms with E-state index in [0.717, 1.165) is 24.3 Å². The summed E-state index contributed by atoms with van der Waals surface area (Å²) in [6.45, 7) is 11.7. The van der Waals surface area contributed by atoms with Gasteiger partial charge in [-0.05, 0) is 64.4 Å². The molecule has 0 radical (unpaired) electrons. The van der Waals surface area contributed by atoms with E-state index in [4.69, 9.17) is 9.47 Å². The maximum Gasteiger partial charge on any atom is 0.310 e. The molecule has 1 atom stereocenters. The number of rotatable bonds is 10. The van der Waals surface area contributed by atoms with Crippen molar-refractivity contribution in [2.45, 2.75) is 65.5 Å². The number of carbonyl (C=O) groups is 1. The Morgan fingerprint density at radius 3 is 2.21 bits per heavy atom. The Hall–Kier alpha value is -2.33. The Bertz CT molecular complexity index is 763. The van der Waals surface area contributed by atoms with Crippen LogP contribution in [0.4, 0.5) is 0 Å². The zero-order chi connectivity index (χ0) is 21.4. The molecule has 158 valence electrons. The zero-order valence-electron chi connectivity index (χ0n) is 18.6. The average molecular weight is 398 g/mol. The van der Waals surface area contributed by atoms with E-state index in [1.165, 1.54) is 5.56 Å². The molecule has 0 aliphatic heterocycles. The van der Waals surface area contributed by atoms with Gasteiger partial charge in [0.15, 0.2) is 0 Å². The molecule has 0 bridgehead atoms. The Morgan fingerprint density at radius 2 is 1.66 bits per heavy atom. The molecule has 0 N–H and O–H groups in total. The predicted octanol–water partition coefficient (Wildman–Crippen LogP) is 5.65. The van der Waals surface area contributed by atoms with Crippen LogP contribution in [0.5, 0.6) is 11.5 Å². The van der Waals surface area contributed by atoms with Crippen LogP contribution < -0.4 is 9.47 Å². The number of benzene rings is 2. The lowest BCUT2D eigenvalue weighted by molar-refractivity contribution is -0.134. The first-order chi connectivity index (χ1) is 13.9. The van der Waals surface area contributed by atoms with Crippen molar-refractivity contribution in [3.63, 3.8) is 0 Å². The van der Waals surface area contributed by atoms with Crippen LogP contribution in [0.15, 0.2) is 48.5 Å². The van der Waals surface area contributed by atoms with Crippen molar-refractivity contribution in [3.05, 3.63) is 59.7 Å². The van der Waals surface area contributed by atoms with E-state index < -0.39 is 0 Å². The van der Waals surface area contributed by atoms with Gasteiger partial charge in [0.05, 0.1) is 7.11 Å². The van der Waals surface area contributed by atoms with Gasteiger partial charge in [-0.2, -0.15) is 0 Å². The predicted molar refractivity (Wildman–Crippen MR) is 119 cm³/mol. The molecule has 0 spiro atoms. The number of hydrogen-bond acceptors (Lipinski definition) is 4. The molecule has 0 heterocycles. The Balaban J connectivity index is 2.46. The van der Waals surface area contributed by atoms with Crippen molar-refractivity contribution in [2.75, 3.05) is 13.7 Å². The van der Waals surface area contributed by atoms with Gasteiger partial charge >= 0.3 is 5.97 Å². The summed E-state index contributed by atoms with van der Waals surface area (Å²) in [4.78, 5) is 14.5. The standard InChI is InChI=1S/C25H35NO3/c1-7-25(27)29-24-14-13-21(28-6)17-23(24)22(20-11-9-8-10-12-20)15-16-26(18(2)3)19(4)5/h8-14,17-19,22H,7,15-16H2,1-6H3. The van der Waals surface area contributed by atoms with Gasteiger partial charge in [-0.25, -0.2) is 0 Å². The summed E-state index contributed by atoms with van der Waals surface area (Å²) in [5, 5.41) is 0. The number of carbonyl (C=O) groups excluding carboxylic acids is 1. The summed E-state index contributed by atoms with van der Waals surface area (Å²) in [5.74, 6) is 1.26. The second-order valence-corrected chi connectivity index (χ2v) is 7.91. The van der Waals surface area contributed by atoms with E-state index >= 15 is 0 Å². The average Bonchev–Trinajstić information content (AvgIpc) is 2.71. The molecule has 2 rings (SSSR count). The van der Waals surface area contributed by atoms with Gasteiger partial charge in [-0.3, -0.25) is 9.69 Å². The summed E-state index contributed by atoms with van der Waals surface area (Å²) in [5.41, 5.74) is 2.20. The van der Waals surface area contributed by atoms with Crippen LogP contribution in [0.3, 0.4) is 0 Å². The lowest BCUT2D eigenvalue weighted by Crippen LogP contribution is -2.38. The van der Waals surface area contributed by atoms with E-state index in [1.807, 2.05) is 31.2 Å². The zero-order valence-corrected chi connectivity index (χ0v) is 18.6. The largest absolute Gasteiger partial charge is 0.497 e. The van der Waals surface area contributed by atoms with E-state index in [9.17, 15) is 4.79 Å². The van der Waals surface area contributed by atoms with Crippen molar-refractivity contribution in [2.24, 2.45) is 0 Å². The van der Waals surface area contributed by atoms with Crippen molar-refractivity contribution in [1.29, 1.82) is 0 Å². The first-order valence-corrected chi connectivity index (χ1v) is 10.6. The van der Waals surface area contributed by atoms with Crippen LogP contribution in [0.2, 0.25) is 0 Å². The molecular formula is C25H35NO3. The topological polar surface area (TPSA) is 38.8 Å². The molecular weight excluding hydrogens is 362 g/mol. The van der Waals surface area contributed by atoms with Crippen LogP contribution in [0, 0.1) is 0 Å². The number of nitrogens with zero attached hydrogens (tertiary/aromatic N) is 1. The number of methoxy groups -OCH3 is 1. The first kappa shape index (κ1) is 23.0. The van der Waals surface area contributed by atoms with E-state index in [0.29, 0.717) is 24.3 Å². The second kappa shape index (κ2) is 11.0. The molecule has 0 amide bonds. The van der Waals surface area contributed by atoms with Gasteiger partial charge < -0.3 is 9.47 Å². The second-order valence-electron chi connectivity index (χ2n) is 7.91. The fourth-order valence-electron chi connectivity index (χ4n) is 3.79. The van der Waals surface area contributed by atoms with E-state index in [1.54, 1.807) is 7.11 Å². The monoisotopic (exact) mass is 397 g/mol. The fourth-order valence-corrected chi connectivity index (χ4v) is 3.79. The van der Waals surface area contributed by atoms with Gasteiger partial charge in [0.25, 0.3) is 0 Å². The molecule has 2 aromatic carbocycles. The molecule has 0 saturated carbocycles. The summed E-state index contributed by atoms with van der Waals surface area (Å²) >= 11 is 0. The number of hydrogen-bond donors (Lipinski definition) is 0. The molecule has 4 nitrogen and oxygen atoms in total. The van der Waals surface area contributed by atoms with Crippen LogP contribution in [0.25, 0.3) is 0 Å². The van der Waals surface area contributed by atoms with E-state index in [2.05, 4.69) is 56.9 Å². The van der Waals surface area contributed by atoms with Crippen molar-refractivity contribution >= 4 is 5.97 Å². The van der Waals surface area contributed by atoms with Crippen molar-refractivity contribution in [1.82, 2.24) is 4.90 Å². The van der Waals surface area contributed by atoms with Gasteiger partial charge in [0, 0.05) is 30.0 Å². The third-order valence-corrected chi connectivity index (χ3v) is 5.31. The highest BCUT2D eigenvalue weighted by Crippen LogP contribution is 2.37. The summed E-state index contributed by atoms with van der Waals surface area (Å²) in [6.07, 6.45) is 1.26. The summed E-state index contributed by atoms with van der Waals surface area (Å²) < 4.78 is 11.2. The molecule has 0 aromatic heterocycles. The summed E-state index contributed by atoms with van der Waals surface area (Å²) in [7, 11) is 1.66. The van der Waals surface area contributed by atoms with Crippen LogP contribution >= 0.6 is 0 Å². The van der Waals surface area contributed by atoms with Crippen molar-refractivity contribution in [3.8, 4) is 11.5 Å². The highest BCUT2D eigenvalue weighted by molar-refractivity contribution is 5.72. The lowest BCUT2D eigenvalue weighted by atomic mass is 9.87. The molecule has 29 heavy (non-hydrogen) atoms. The number of ether oxygens (including phenoxy) is 2. The molecule has 0 saturated heterocycles. The summed E-state index contributed by atoms with van der Waals surface area (Å²) in [6, 6.07) is 17.1. The molecule has 1 unspecified atom stereocenters. The number of esters is 1. The molecule has 0 aliphatic carbocycles. The van der Waals surface area contributed by atoms with Gasteiger partial charge in [-0.1, -0.05) is 37.3 Å². The van der Waals surface area contributed by atoms with Gasteiger partial charge in [0.1, 0.15) is 11.5 Å². The fraction of sp³-hybridized carbons (Fsp3) is 0.480. The maximum atomic E-state index is 12.0. The Kier molecular flexibility index (Phi) is 8.71. The highest BCUT2D eigenvalue weighted by Gasteiger charge is 2.23. The molecule has 2 aromatic rings. The minimum atomic E-state index is -0.228. The SMILES string of the molecule is CCC(=O)Oc1ccc(OC)cc1C(CCN(C(C)C)C(C)C)c1ccccc1. The van der Waals surface area contributed by atoms with Crippen LogP contribution in [0.1, 0.15) is 64.5 Å². The molecule has 0 fully saturated rings. The van der Waals surface area contributed by atoms with Crippen LogP contribution in [-0.4, -0.2) is 36.6 Å². The molecule has 0 aliphatic rings. The first-order valence-electron chi connectivity index (χ1n) is 10.6. The quantitative estimate of drug-likeness (QED) is 0.383.